The van der Waals surface area contributed by atoms with Gasteiger partial charge in [-0.15, -0.1) is 0 Å². The number of rotatable bonds is 8. The largest absolute Gasteiger partial charge is 0.507 e. The monoisotopic (exact) mass is 378 g/mol. The van der Waals surface area contributed by atoms with Gasteiger partial charge in [0.05, 0.1) is 0 Å². The fourth-order valence-corrected chi connectivity index (χ4v) is 2.02. The summed E-state index contributed by atoms with van der Waals surface area (Å²) < 4.78 is 0. The molecule has 0 radical (unpaired) electrons. The van der Waals surface area contributed by atoms with Gasteiger partial charge in [-0.25, -0.2) is 4.79 Å². The molecule has 2 N–H and O–H groups in total. The van der Waals surface area contributed by atoms with Crippen molar-refractivity contribution in [1.29, 1.82) is 0 Å². The van der Waals surface area contributed by atoms with Gasteiger partial charge in [0.1, 0.15) is 11.3 Å². The van der Waals surface area contributed by atoms with E-state index in [1.807, 2.05) is 0 Å². The molecule has 0 atom stereocenters. The number of unbranched alkanes of at least 4 members (excludes halogenated alkanes) is 5. The predicted octanol–water partition coefficient (Wildman–Crippen LogP) is 3.99. The van der Waals surface area contributed by atoms with E-state index in [1.54, 1.807) is 12.1 Å². The number of aromatic carboxylic acids is 1. The van der Waals surface area contributed by atoms with E-state index in [0.29, 0.717) is 0 Å². The van der Waals surface area contributed by atoms with E-state index >= 15 is 0 Å². The fourth-order valence-electron chi connectivity index (χ4n) is 2.02. The summed E-state index contributed by atoms with van der Waals surface area (Å²) in [6, 6.07) is 4.84. The van der Waals surface area contributed by atoms with Crippen LogP contribution >= 0.6 is 0 Å². The first-order valence-electron chi connectivity index (χ1n) is 6.70. The number of hydrogen-bond donors (Lipinski definition) is 2. The van der Waals surface area contributed by atoms with Crippen molar-refractivity contribution in [3.8, 4) is 5.75 Å². The molecule has 0 unspecified atom stereocenters. The van der Waals surface area contributed by atoms with E-state index in [-0.39, 0.29) is 50.3 Å². The molecule has 20 heavy (non-hydrogen) atoms. The average Bonchev–Trinajstić information content (AvgIpc) is 2.35. The van der Waals surface area contributed by atoms with Gasteiger partial charge in [-0.2, -0.15) is 0 Å². The number of phenols is 1. The number of carboxylic acid groups (broad SMARTS) is 1. The molecular weight excluding hydrogens is 359 g/mol. The summed E-state index contributed by atoms with van der Waals surface area (Å²) in [6.07, 6.45) is 8.22. The zero-order valence-corrected chi connectivity index (χ0v) is 18.3. The summed E-state index contributed by atoms with van der Waals surface area (Å²) in [5.74, 6) is -1.23. The molecule has 0 amide bonds. The first-order valence-corrected chi connectivity index (χ1v) is 6.70. The molecule has 0 spiro atoms. The Labute approximate surface area is 146 Å². The third-order valence-electron chi connectivity index (χ3n) is 3.11. The smallest absolute Gasteiger partial charge is 0.339 e. The summed E-state index contributed by atoms with van der Waals surface area (Å²) in [7, 11) is 0. The first-order chi connectivity index (χ1) is 8.65. The molecule has 0 aliphatic heterocycles. The zero-order chi connectivity index (χ0) is 13.4. The second-order valence-corrected chi connectivity index (χ2v) is 4.67. The van der Waals surface area contributed by atoms with E-state index in [2.05, 4.69) is 6.92 Å². The second-order valence-electron chi connectivity index (χ2n) is 4.67. The van der Waals surface area contributed by atoms with E-state index < -0.39 is 5.97 Å². The Morgan fingerprint density at radius 3 is 2.25 bits per heavy atom. The van der Waals surface area contributed by atoms with Crippen LogP contribution in [0, 0.1) is 0 Å². The maximum Gasteiger partial charge on any atom is 0.339 e. The molecule has 0 aromatic heterocycles. The fraction of sp³-hybridized carbons (Fsp3) is 0.533. The van der Waals surface area contributed by atoms with E-state index in [1.165, 1.54) is 38.2 Å². The van der Waals surface area contributed by atoms with Crippen LogP contribution in [0.4, 0.5) is 0 Å². The van der Waals surface area contributed by atoms with Crippen molar-refractivity contribution in [3.05, 3.63) is 29.3 Å². The van der Waals surface area contributed by atoms with Gasteiger partial charge >= 0.3 is 5.97 Å². The summed E-state index contributed by atoms with van der Waals surface area (Å²) in [5.41, 5.74) is 0.985. The molecule has 0 bridgehead atoms. The van der Waals surface area contributed by atoms with Gasteiger partial charge in [0.25, 0.3) is 0 Å². The Morgan fingerprint density at radius 1 is 1.05 bits per heavy atom. The van der Waals surface area contributed by atoms with Crippen LogP contribution < -0.4 is 0 Å². The van der Waals surface area contributed by atoms with E-state index in [4.69, 9.17) is 5.11 Å². The van der Waals surface area contributed by atoms with Crippen molar-refractivity contribution in [2.75, 3.05) is 0 Å². The molecular formula is C15H22O3Zn2. The van der Waals surface area contributed by atoms with Crippen molar-refractivity contribution in [3.63, 3.8) is 0 Å². The van der Waals surface area contributed by atoms with Crippen molar-refractivity contribution in [2.24, 2.45) is 0 Å². The minimum Gasteiger partial charge on any atom is -0.507 e. The molecule has 104 valence electrons. The van der Waals surface area contributed by atoms with Gasteiger partial charge in [0.2, 0.25) is 0 Å². The molecule has 0 aliphatic rings. The summed E-state index contributed by atoms with van der Waals surface area (Å²) in [6.45, 7) is 2.20. The third-order valence-corrected chi connectivity index (χ3v) is 3.11. The third kappa shape index (κ3) is 8.12. The van der Waals surface area contributed by atoms with Crippen molar-refractivity contribution in [1.82, 2.24) is 0 Å². The van der Waals surface area contributed by atoms with Gasteiger partial charge in [-0.05, 0) is 30.5 Å². The van der Waals surface area contributed by atoms with Gasteiger partial charge in [0.15, 0.2) is 0 Å². The minimum absolute atomic E-state index is 0. The number of benzene rings is 1. The van der Waals surface area contributed by atoms with Crippen molar-refractivity contribution < 1.29 is 54.0 Å². The van der Waals surface area contributed by atoms with Crippen LogP contribution in [0.15, 0.2) is 18.2 Å². The topological polar surface area (TPSA) is 57.5 Å². The predicted molar refractivity (Wildman–Crippen MR) is 72.1 cm³/mol. The molecule has 1 rings (SSSR count). The van der Waals surface area contributed by atoms with Crippen LogP contribution in [-0.2, 0) is 45.4 Å². The Morgan fingerprint density at radius 2 is 1.65 bits per heavy atom. The maximum absolute atomic E-state index is 10.9. The quantitative estimate of drug-likeness (QED) is 0.529. The zero-order valence-electron chi connectivity index (χ0n) is 12.4. The Bertz CT molecular complexity index is 395. The normalized spacial score (nSPS) is 9.45. The van der Waals surface area contributed by atoms with Crippen molar-refractivity contribution in [2.45, 2.75) is 51.9 Å². The maximum atomic E-state index is 10.9. The van der Waals surface area contributed by atoms with Crippen LogP contribution in [0.5, 0.6) is 5.75 Å². The number of aromatic hydroxyl groups is 1. The van der Waals surface area contributed by atoms with Crippen LogP contribution in [0.3, 0.4) is 0 Å². The van der Waals surface area contributed by atoms with Gasteiger partial charge in [0, 0.05) is 39.0 Å². The number of carbonyl (C=O) groups is 1. The summed E-state index contributed by atoms with van der Waals surface area (Å²) in [5, 5.41) is 18.3. The molecule has 0 aliphatic carbocycles. The number of aryl methyl sites for hydroxylation is 1. The molecule has 0 saturated heterocycles. The molecule has 0 saturated carbocycles. The van der Waals surface area contributed by atoms with Gasteiger partial charge in [-0.3, -0.25) is 0 Å². The van der Waals surface area contributed by atoms with Gasteiger partial charge < -0.3 is 10.2 Å². The van der Waals surface area contributed by atoms with Crippen LogP contribution in [0.25, 0.3) is 0 Å². The molecule has 0 heterocycles. The first kappa shape index (κ1) is 22.0. The molecule has 1 aromatic carbocycles. The number of hydrogen-bond acceptors (Lipinski definition) is 2. The Kier molecular flexibility index (Phi) is 13.7. The SMILES string of the molecule is CCCCCCCCc1ccc(O)c(C(=O)O)c1.[Zn].[Zn]. The summed E-state index contributed by atoms with van der Waals surface area (Å²) in [4.78, 5) is 10.9. The number of carboxylic acids is 1. The summed E-state index contributed by atoms with van der Waals surface area (Å²) >= 11 is 0. The van der Waals surface area contributed by atoms with Crippen molar-refractivity contribution >= 4 is 5.97 Å². The van der Waals surface area contributed by atoms with E-state index in [0.717, 1.165) is 18.4 Å². The minimum atomic E-state index is -1.07. The van der Waals surface area contributed by atoms with E-state index in [9.17, 15) is 9.90 Å². The van der Waals surface area contributed by atoms with Gasteiger partial charge in [-0.1, -0.05) is 45.1 Å². The second kappa shape index (κ2) is 12.5. The van der Waals surface area contributed by atoms with Crippen LogP contribution in [-0.4, -0.2) is 16.2 Å². The molecule has 0 fully saturated rings. The Hall–Kier alpha value is -0.263. The average molecular weight is 381 g/mol. The molecule has 1 aromatic rings. The Balaban J connectivity index is 0. The van der Waals surface area contributed by atoms with Crippen LogP contribution in [0.2, 0.25) is 0 Å². The van der Waals surface area contributed by atoms with Crippen LogP contribution in [0.1, 0.15) is 61.4 Å². The molecule has 3 nitrogen and oxygen atoms in total. The standard InChI is InChI=1S/C15H22O3.2Zn/c1-2-3-4-5-6-7-8-12-9-10-14(16)13(11-12)15(17)18;;/h9-11,16H,2-8H2,1H3,(H,17,18);;. The molecule has 5 heteroatoms.